The molecule has 2 rings (SSSR count). The second-order valence-corrected chi connectivity index (χ2v) is 4.95. The number of rotatable bonds is 3. The molecular weight excluding hydrogens is 256 g/mol. The minimum Gasteiger partial charge on any atom is -0.394 e. The van der Waals surface area contributed by atoms with Crippen LogP contribution in [-0.4, -0.2) is 36.1 Å². The fourth-order valence-electron chi connectivity index (χ4n) is 2.39. The van der Waals surface area contributed by atoms with Crippen LogP contribution in [0.3, 0.4) is 0 Å². The predicted molar refractivity (Wildman–Crippen MR) is 76.4 cm³/mol. The third kappa shape index (κ3) is 2.99. The molecule has 1 aromatic carbocycles. The Kier molecular flexibility index (Phi) is 4.74. The van der Waals surface area contributed by atoms with Gasteiger partial charge in [-0.1, -0.05) is 25.1 Å². The highest BCUT2D eigenvalue weighted by molar-refractivity contribution is 6.40. The lowest BCUT2D eigenvalue weighted by Crippen LogP contribution is -2.48. The molecule has 20 heavy (non-hydrogen) atoms. The van der Waals surface area contributed by atoms with Gasteiger partial charge in [-0.05, 0) is 30.9 Å². The fourth-order valence-corrected chi connectivity index (χ4v) is 2.39. The van der Waals surface area contributed by atoms with E-state index >= 15 is 0 Å². The van der Waals surface area contributed by atoms with Gasteiger partial charge < -0.3 is 15.3 Å². The smallest absolute Gasteiger partial charge is 0.316 e. The number of aliphatic hydroxyl groups is 1. The first kappa shape index (κ1) is 14.5. The van der Waals surface area contributed by atoms with Crippen molar-refractivity contribution < 1.29 is 14.7 Å². The molecule has 5 nitrogen and oxygen atoms in total. The zero-order chi connectivity index (χ0) is 14.5. The number of hydrogen-bond donors (Lipinski definition) is 2. The summed E-state index contributed by atoms with van der Waals surface area (Å²) in [7, 11) is 0. The predicted octanol–water partition coefficient (Wildman–Crippen LogP) is 0.853. The largest absolute Gasteiger partial charge is 0.394 e. The summed E-state index contributed by atoms with van der Waals surface area (Å²) in [5.41, 5.74) is 1.91. The summed E-state index contributed by atoms with van der Waals surface area (Å²) >= 11 is 0. The van der Waals surface area contributed by atoms with Gasteiger partial charge in [0.15, 0.2) is 0 Å². The van der Waals surface area contributed by atoms with Crippen LogP contribution >= 0.6 is 0 Å². The molecule has 1 aliphatic rings. The van der Waals surface area contributed by atoms with Crippen LogP contribution in [0.4, 0.5) is 5.69 Å². The molecular formula is C15H20N2O3. The van der Waals surface area contributed by atoms with Crippen molar-refractivity contribution in [3.8, 4) is 0 Å². The summed E-state index contributed by atoms with van der Waals surface area (Å²) < 4.78 is 0. The number of para-hydroxylation sites is 1. The van der Waals surface area contributed by atoms with Crippen molar-refractivity contribution in [3.05, 3.63) is 29.8 Å². The summed E-state index contributed by atoms with van der Waals surface area (Å²) in [4.78, 5) is 25.8. The quantitative estimate of drug-likeness (QED) is 0.804. The van der Waals surface area contributed by atoms with Crippen LogP contribution in [0.1, 0.15) is 25.3 Å². The third-order valence-electron chi connectivity index (χ3n) is 3.60. The number of nitrogens with one attached hydrogen (secondary N) is 1. The van der Waals surface area contributed by atoms with E-state index in [4.69, 9.17) is 5.11 Å². The molecule has 0 aliphatic carbocycles. The van der Waals surface area contributed by atoms with Gasteiger partial charge in [0.1, 0.15) is 0 Å². The van der Waals surface area contributed by atoms with E-state index in [9.17, 15) is 9.59 Å². The van der Waals surface area contributed by atoms with Gasteiger partial charge in [0, 0.05) is 12.2 Å². The first-order valence-electron chi connectivity index (χ1n) is 6.98. The molecule has 0 saturated carbocycles. The lowest BCUT2D eigenvalue weighted by atomic mass is 10.0. The zero-order valence-corrected chi connectivity index (χ0v) is 11.6. The maximum Gasteiger partial charge on any atom is 0.316 e. The number of carbonyl (C=O) groups excluding carboxylic acids is 2. The van der Waals surface area contributed by atoms with Crippen molar-refractivity contribution in [2.24, 2.45) is 0 Å². The summed E-state index contributed by atoms with van der Waals surface area (Å²) in [6.45, 7) is 2.24. The molecule has 5 heteroatoms. The Hall–Kier alpha value is -1.88. The van der Waals surface area contributed by atoms with Gasteiger partial charge in [0.25, 0.3) is 0 Å². The molecule has 108 valence electrons. The average molecular weight is 276 g/mol. The van der Waals surface area contributed by atoms with Crippen molar-refractivity contribution in [3.63, 3.8) is 0 Å². The van der Waals surface area contributed by atoms with E-state index < -0.39 is 11.8 Å². The Balaban J connectivity index is 2.12. The van der Waals surface area contributed by atoms with Crippen molar-refractivity contribution in [2.75, 3.05) is 18.1 Å². The number of aliphatic hydroxyl groups excluding tert-OH is 1. The van der Waals surface area contributed by atoms with Crippen LogP contribution < -0.4 is 10.2 Å². The number of aryl methyl sites for hydroxylation is 1. The number of nitrogens with zero attached hydrogens (tertiary/aromatic N) is 1. The van der Waals surface area contributed by atoms with Gasteiger partial charge in [0.05, 0.1) is 12.6 Å². The lowest BCUT2D eigenvalue weighted by Gasteiger charge is -2.29. The SMILES string of the molecule is CCC(CO)NC(=O)C(=O)N1CCCc2ccccc21. The van der Waals surface area contributed by atoms with Crippen LogP contribution in [0.15, 0.2) is 24.3 Å². The van der Waals surface area contributed by atoms with Gasteiger partial charge in [0.2, 0.25) is 0 Å². The standard InChI is InChI=1S/C15H20N2O3/c1-2-12(10-18)16-14(19)15(20)17-9-5-7-11-6-3-4-8-13(11)17/h3-4,6,8,12,18H,2,5,7,9-10H2,1H3,(H,16,19). The van der Waals surface area contributed by atoms with Gasteiger partial charge >= 0.3 is 11.8 Å². The summed E-state index contributed by atoms with van der Waals surface area (Å²) in [6.07, 6.45) is 2.37. The highest BCUT2D eigenvalue weighted by atomic mass is 16.3. The third-order valence-corrected chi connectivity index (χ3v) is 3.60. The van der Waals surface area contributed by atoms with Crippen molar-refractivity contribution in [2.45, 2.75) is 32.2 Å². The number of carbonyl (C=O) groups is 2. The van der Waals surface area contributed by atoms with Crippen molar-refractivity contribution in [1.29, 1.82) is 0 Å². The van der Waals surface area contributed by atoms with E-state index in [1.54, 1.807) is 0 Å². The number of anilines is 1. The average Bonchev–Trinajstić information content (AvgIpc) is 2.51. The number of amides is 2. The molecule has 0 bridgehead atoms. The highest BCUT2D eigenvalue weighted by Crippen LogP contribution is 2.26. The minimum atomic E-state index is -0.650. The monoisotopic (exact) mass is 276 g/mol. The highest BCUT2D eigenvalue weighted by Gasteiger charge is 2.28. The number of hydrogen-bond acceptors (Lipinski definition) is 3. The Bertz CT molecular complexity index is 498. The van der Waals surface area contributed by atoms with Crippen LogP contribution in [-0.2, 0) is 16.0 Å². The molecule has 1 unspecified atom stereocenters. The fraction of sp³-hybridized carbons (Fsp3) is 0.467. The van der Waals surface area contributed by atoms with Crippen molar-refractivity contribution >= 4 is 17.5 Å². The molecule has 0 aromatic heterocycles. The van der Waals surface area contributed by atoms with Gasteiger partial charge in [-0.2, -0.15) is 0 Å². The van der Waals surface area contributed by atoms with Gasteiger partial charge in [-0.15, -0.1) is 0 Å². The van der Waals surface area contributed by atoms with E-state index in [0.717, 1.165) is 24.1 Å². The van der Waals surface area contributed by atoms with Gasteiger partial charge in [-0.25, -0.2) is 0 Å². The van der Waals surface area contributed by atoms with E-state index in [2.05, 4.69) is 5.32 Å². The molecule has 1 aromatic rings. The normalized spacial score (nSPS) is 15.4. The molecule has 0 spiro atoms. The van der Waals surface area contributed by atoms with Crippen molar-refractivity contribution in [1.82, 2.24) is 5.32 Å². The first-order valence-corrected chi connectivity index (χ1v) is 6.98. The number of benzene rings is 1. The maximum atomic E-state index is 12.3. The molecule has 1 atom stereocenters. The zero-order valence-electron chi connectivity index (χ0n) is 11.6. The van der Waals surface area contributed by atoms with Gasteiger partial charge in [-0.3, -0.25) is 9.59 Å². The number of fused-ring (bicyclic) bond motifs is 1. The van der Waals surface area contributed by atoms with E-state index in [1.807, 2.05) is 31.2 Å². The topological polar surface area (TPSA) is 69.6 Å². The molecule has 2 N–H and O–H groups in total. The van der Waals surface area contributed by atoms with E-state index in [1.165, 1.54) is 4.90 Å². The van der Waals surface area contributed by atoms with Crippen LogP contribution in [0.5, 0.6) is 0 Å². The maximum absolute atomic E-state index is 12.3. The Labute approximate surface area is 118 Å². The molecule has 0 radical (unpaired) electrons. The molecule has 1 heterocycles. The Morgan fingerprint density at radius 3 is 2.85 bits per heavy atom. The molecule has 2 amide bonds. The molecule has 1 aliphatic heterocycles. The van der Waals surface area contributed by atoms with E-state index in [0.29, 0.717) is 13.0 Å². The molecule has 0 fully saturated rings. The first-order chi connectivity index (χ1) is 9.67. The molecule has 0 saturated heterocycles. The second kappa shape index (κ2) is 6.52. The Morgan fingerprint density at radius 2 is 2.15 bits per heavy atom. The van der Waals surface area contributed by atoms with Crippen LogP contribution in [0.25, 0.3) is 0 Å². The van der Waals surface area contributed by atoms with E-state index in [-0.39, 0.29) is 12.6 Å². The summed E-state index contributed by atoms with van der Waals surface area (Å²) in [6, 6.07) is 7.28. The van der Waals surface area contributed by atoms with Crippen LogP contribution in [0, 0.1) is 0 Å². The van der Waals surface area contributed by atoms with Crippen LogP contribution in [0.2, 0.25) is 0 Å². The lowest BCUT2D eigenvalue weighted by molar-refractivity contribution is -0.138. The second-order valence-electron chi connectivity index (χ2n) is 4.95. The Morgan fingerprint density at radius 1 is 1.40 bits per heavy atom. The minimum absolute atomic E-state index is 0.161. The summed E-state index contributed by atoms with van der Waals surface area (Å²) in [5.74, 6) is -1.20. The summed E-state index contributed by atoms with van der Waals surface area (Å²) in [5, 5.41) is 11.6.